The molecule has 0 heterocycles. The maximum atomic E-state index is 11.1. The van der Waals surface area contributed by atoms with Crippen molar-refractivity contribution in [1.82, 2.24) is 0 Å². The molecule has 2 atom stereocenters. The molecule has 2 unspecified atom stereocenters. The van der Waals surface area contributed by atoms with E-state index in [0.29, 0.717) is 24.5 Å². The van der Waals surface area contributed by atoms with E-state index in [1.54, 1.807) is 0 Å². The molecule has 6 heteroatoms. The molecule has 0 fully saturated rings. The van der Waals surface area contributed by atoms with Gasteiger partial charge in [-0.3, -0.25) is 0 Å². The summed E-state index contributed by atoms with van der Waals surface area (Å²) in [6.07, 6.45) is 0.417. The molecule has 0 amide bonds. The van der Waals surface area contributed by atoms with Crippen molar-refractivity contribution in [3.05, 3.63) is 100 Å². The molecule has 1 N–H and O–H groups in total. The van der Waals surface area contributed by atoms with E-state index in [1.165, 1.54) is 0 Å². The van der Waals surface area contributed by atoms with Gasteiger partial charge in [0.15, 0.2) is 6.04 Å². The molecule has 6 nitrogen and oxygen atoms in total. The van der Waals surface area contributed by atoms with Crippen molar-refractivity contribution in [2.45, 2.75) is 25.0 Å². The first kappa shape index (κ1) is 22.0. The summed E-state index contributed by atoms with van der Waals surface area (Å²) >= 11 is 0. The van der Waals surface area contributed by atoms with Crippen LogP contribution in [0.5, 0.6) is 11.5 Å². The van der Waals surface area contributed by atoms with Gasteiger partial charge in [0.05, 0.1) is 12.0 Å². The highest BCUT2D eigenvalue weighted by atomic mass is 16.5. The van der Waals surface area contributed by atoms with Gasteiger partial charge in [-0.1, -0.05) is 59.8 Å². The molecule has 0 aliphatic heterocycles. The largest absolute Gasteiger partial charge is 0.491 e. The van der Waals surface area contributed by atoms with Gasteiger partial charge in [-0.25, -0.2) is 0 Å². The van der Waals surface area contributed by atoms with E-state index in [1.807, 2.05) is 78.9 Å². The number of ether oxygens (including phenoxy) is 2. The van der Waals surface area contributed by atoms with Crippen LogP contribution < -0.4 is 9.47 Å². The lowest BCUT2D eigenvalue weighted by Gasteiger charge is -2.12. The Kier molecular flexibility index (Phi) is 8.15. The normalized spacial score (nSPS) is 12.4. The monoisotopic (exact) mass is 416 g/mol. The third-order valence-electron chi connectivity index (χ3n) is 4.90. The van der Waals surface area contributed by atoms with E-state index in [0.717, 1.165) is 16.7 Å². The van der Waals surface area contributed by atoms with Crippen LogP contribution in [0.4, 0.5) is 0 Å². The summed E-state index contributed by atoms with van der Waals surface area (Å²) in [6, 6.07) is 25.8. The second-order valence-electron chi connectivity index (χ2n) is 7.04. The number of hydrogen-bond acceptors (Lipinski definition) is 6. The zero-order valence-corrected chi connectivity index (χ0v) is 17.1. The number of benzene rings is 3. The smallest absolute Gasteiger partial charge is 0.151 e. The lowest BCUT2D eigenvalue weighted by molar-refractivity contribution is 0.283. The molecular formula is C25H24N2O4. The van der Waals surface area contributed by atoms with Crippen molar-refractivity contribution >= 4 is 0 Å². The van der Waals surface area contributed by atoms with Gasteiger partial charge in [-0.2, -0.15) is 10.2 Å². The molecular weight excluding hydrogens is 392 g/mol. The van der Waals surface area contributed by atoms with Gasteiger partial charge in [0.25, 0.3) is 0 Å². The van der Waals surface area contributed by atoms with E-state index in [2.05, 4.69) is 11.2 Å². The van der Waals surface area contributed by atoms with Crippen LogP contribution in [-0.4, -0.2) is 18.3 Å². The summed E-state index contributed by atoms with van der Waals surface area (Å²) in [7, 11) is 0. The SMILES string of the molecule is N#CC(CCO)c1ccc(OCc2ccc(OCC(N=O)c3ccccc3)cc2)cc1. The number of hydrogen-bond donors (Lipinski definition) is 1. The maximum Gasteiger partial charge on any atom is 0.151 e. The zero-order chi connectivity index (χ0) is 21.9. The molecule has 3 aromatic rings. The standard InChI is InChI=1S/C25H24N2O4/c26-16-22(14-15-28)20-8-12-24(13-9-20)30-17-19-6-10-23(11-7-19)31-18-25(27-29)21-4-2-1-3-5-21/h1-13,22,25,28H,14-15,17-18H2. The van der Waals surface area contributed by atoms with Crippen LogP contribution in [0.1, 0.15) is 35.1 Å². The van der Waals surface area contributed by atoms with Gasteiger partial charge >= 0.3 is 0 Å². The minimum absolute atomic E-state index is 0.0191. The molecule has 0 aliphatic carbocycles. The third kappa shape index (κ3) is 6.39. The average molecular weight is 416 g/mol. The van der Waals surface area contributed by atoms with Crippen LogP contribution in [0, 0.1) is 16.2 Å². The Morgan fingerprint density at radius 1 is 0.871 bits per heavy atom. The number of nitrogens with zero attached hydrogens (tertiary/aromatic N) is 2. The molecule has 3 aromatic carbocycles. The molecule has 158 valence electrons. The molecule has 0 saturated carbocycles. The van der Waals surface area contributed by atoms with Gasteiger partial charge in [0.2, 0.25) is 0 Å². The summed E-state index contributed by atoms with van der Waals surface area (Å²) in [5, 5.41) is 21.4. The fraction of sp³-hybridized carbons (Fsp3) is 0.240. The topological polar surface area (TPSA) is 91.9 Å². The molecule has 31 heavy (non-hydrogen) atoms. The predicted octanol–water partition coefficient (Wildman–Crippen LogP) is 5.14. The minimum Gasteiger partial charge on any atom is -0.491 e. The van der Waals surface area contributed by atoms with Crippen molar-refractivity contribution in [3.8, 4) is 17.6 Å². The van der Waals surface area contributed by atoms with Gasteiger partial charge in [0.1, 0.15) is 24.7 Å². The summed E-state index contributed by atoms with van der Waals surface area (Å²) in [4.78, 5) is 11.1. The van der Waals surface area contributed by atoms with Gasteiger partial charge < -0.3 is 14.6 Å². The average Bonchev–Trinajstić information content (AvgIpc) is 2.83. The van der Waals surface area contributed by atoms with E-state index >= 15 is 0 Å². The third-order valence-corrected chi connectivity index (χ3v) is 4.90. The van der Waals surface area contributed by atoms with E-state index in [9.17, 15) is 10.2 Å². The minimum atomic E-state index is -0.551. The van der Waals surface area contributed by atoms with E-state index in [-0.39, 0.29) is 19.1 Å². The predicted molar refractivity (Wildman–Crippen MR) is 118 cm³/mol. The van der Waals surface area contributed by atoms with Crippen molar-refractivity contribution in [2.24, 2.45) is 5.18 Å². The van der Waals surface area contributed by atoms with Crippen molar-refractivity contribution in [3.63, 3.8) is 0 Å². The molecule has 0 radical (unpaired) electrons. The number of rotatable bonds is 11. The summed E-state index contributed by atoms with van der Waals surface area (Å²) in [6.45, 7) is 0.547. The molecule has 0 saturated heterocycles. The first-order valence-corrected chi connectivity index (χ1v) is 10.1. The van der Waals surface area contributed by atoms with Gasteiger partial charge in [-0.05, 0) is 47.4 Å². The number of nitroso groups, excluding NO2 is 1. The highest BCUT2D eigenvalue weighted by Crippen LogP contribution is 2.23. The Labute approximate surface area is 181 Å². The Hall–Kier alpha value is -3.69. The Morgan fingerprint density at radius 3 is 2.13 bits per heavy atom. The molecule has 3 rings (SSSR count). The van der Waals surface area contributed by atoms with E-state index in [4.69, 9.17) is 14.6 Å². The Bertz CT molecular complexity index is 983. The second kappa shape index (κ2) is 11.5. The maximum absolute atomic E-state index is 11.1. The van der Waals surface area contributed by atoms with Crippen molar-refractivity contribution in [1.29, 1.82) is 5.26 Å². The fourth-order valence-electron chi connectivity index (χ4n) is 3.12. The van der Waals surface area contributed by atoms with Gasteiger partial charge in [0, 0.05) is 6.61 Å². The second-order valence-corrected chi connectivity index (χ2v) is 7.04. The van der Waals surface area contributed by atoms with Gasteiger partial charge in [-0.15, -0.1) is 0 Å². The van der Waals surface area contributed by atoms with Crippen LogP contribution in [0.3, 0.4) is 0 Å². The summed E-state index contributed by atoms with van der Waals surface area (Å²) in [5.74, 6) is 1.04. The molecule has 0 spiro atoms. The summed E-state index contributed by atoms with van der Waals surface area (Å²) in [5.41, 5.74) is 2.66. The Balaban J connectivity index is 1.50. The molecule has 0 bridgehead atoms. The first-order chi connectivity index (χ1) is 15.2. The van der Waals surface area contributed by atoms with Crippen LogP contribution in [0.2, 0.25) is 0 Å². The highest BCUT2D eigenvalue weighted by Gasteiger charge is 2.12. The van der Waals surface area contributed by atoms with Crippen LogP contribution in [0.25, 0.3) is 0 Å². The number of aliphatic hydroxyl groups is 1. The van der Waals surface area contributed by atoms with E-state index < -0.39 is 6.04 Å². The van der Waals surface area contributed by atoms with Crippen molar-refractivity contribution in [2.75, 3.05) is 13.2 Å². The first-order valence-electron chi connectivity index (χ1n) is 10.1. The zero-order valence-electron chi connectivity index (χ0n) is 17.1. The van der Waals surface area contributed by atoms with Crippen LogP contribution in [0.15, 0.2) is 84.0 Å². The highest BCUT2D eigenvalue weighted by molar-refractivity contribution is 5.33. The number of aliphatic hydroxyl groups excluding tert-OH is 1. The number of nitriles is 1. The van der Waals surface area contributed by atoms with Crippen LogP contribution >= 0.6 is 0 Å². The van der Waals surface area contributed by atoms with Crippen molar-refractivity contribution < 1.29 is 14.6 Å². The summed E-state index contributed by atoms with van der Waals surface area (Å²) < 4.78 is 11.5. The lowest BCUT2D eigenvalue weighted by Crippen LogP contribution is -2.08. The molecule has 0 aliphatic rings. The Morgan fingerprint density at radius 2 is 1.52 bits per heavy atom. The lowest BCUT2D eigenvalue weighted by atomic mass is 9.98. The quantitative estimate of drug-likeness (QED) is 0.437. The fourth-order valence-corrected chi connectivity index (χ4v) is 3.12. The molecule has 0 aromatic heterocycles. The van der Waals surface area contributed by atoms with Crippen LogP contribution in [-0.2, 0) is 6.61 Å².